The molecule has 4 bridgehead atoms. The van der Waals surface area contributed by atoms with E-state index in [-0.39, 0.29) is 16.2 Å². The average molecular weight is 968 g/mol. The number of hydrogen-bond acceptors (Lipinski definition) is 1. The van der Waals surface area contributed by atoms with Crippen LogP contribution in [0.5, 0.6) is 0 Å². The normalized spacial score (nSPS) is 20.0. The maximum Gasteiger partial charge on any atom is 0.0540 e. The van der Waals surface area contributed by atoms with E-state index in [0.717, 1.165) is 40.7 Å². The Balaban J connectivity index is 1.02. The summed E-state index contributed by atoms with van der Waals surface area (Å²) in [4.78, 5) is 2.60. The Morgan fingerprint density at radius 1 is 0.333 bits per heavy atom. The molecule has 5 aliphatic rings. The molecule has 4 unspecified atom stereocenters. The monoisotopic (exact) mass is 968 g/mol. The molecule has 0 N–H and O–H groups in total. The van der Waals surface area contributed by atoms with Crippen LogP contribution < -0.4 is 4.90 Å². The van der Waals surface area contributed by atoms with Gasteiger partial charge in [0.1, 0.15) is 0 Å². The predicted molar refractivity (Wildman–Crippen MR) is 317 cm³/mol. The van der Waals surface area contributed by atoms with Gasteiger partial charge in [-0.05, 0) is 167 Å². The molecule has 4 fully saturated rings. The number of fused-ring (bicyclic) bond motifs is 4. The molecule has 15 rings (SSSR count). The van der Waals surface area contributed by atoms with Crippen LogP contribution >= 0.6 is 0 Å². The molecule has 0 saturated heterocycles. The van der Waals surface area contributed by atoms with Crippen LogP contribution in [-0.2, 0) is 16.2 Å². The summed E-state index contributed by atoms with van der Waals surface area (Å²) in [5.41, 5.74) is 24.5. The van der Waals surface area contributed by atoms with E-state index in [9.17, 15) is 0 Å². The Hall–Kier alpha value is -7.74. The second-order valence-electron chi connectivity index (χ2n) is 24.5. The lowest BCUT2D eigenvalue weighted by atomic mass is 9.66. The van der Waals surface area contributed by atoms with Gasteiger partial charge in [-0.15, -0.1) is 0 Å². The molecule has 10 aromatic rings. The van der Waals surface area contributed by atoms with Gasteiger partial charge in [0.15, 0.2) is 0 Å². The van der Waals surface area contributed by atoms with Crippen LogP contribution in [0.1, 0.15) is 83.1 Å². The molecule has 10 aromatic carbocycles. The van der Waals surface area contributed by atoms with Crippen molar-refractivity contribution < 1.29 is 0 Å². The van der Waals surface area contributed by atoms with E-state index in [4.69, 9.17) is 0 Å². The van der Waals surface area contributed by atoms with Crippen molar-refractivity contribution in [2.75, 3.05) is 4.90 Å². The molecular formula is C74H65N. The molecule has 0 amide bonds. The minimum absolute atomic E-state index is 0.0170. The lowest BCUT2D eigenvalue weighted by Crippen LogP contribution is -2.34. The van der Waals surface area contributed by atoms with Crippen LogP contribution in [0, 0.1) is 23.7 Å². The van der Waals surface area contributed by atoms with Gasteiger partial charge in [-0.25, -0.2) is 0 Å². The lowest BCUT2D eigenvalue weighted by molar-refractivity contribution is 0.307. The summed E-state index contributed by atoms with van der Waals surface area (Å²) in [7, 11) is 0. The van der Waals surface area contributed by atoms with E-state index in [2.05, 4.69) is 271 Å². The molecule has 0 aliphatic heterocycles. The van der Waals surface area contributed by atoms with Crippen molar-refractivity contribution in [2.24, 2.45) is 23.7 Å². The second kappa shape index (κ2) is 17.2. The van der Waals surface area contributed by atoms with Gasteiger partial charge >= 0.3 is 0 Å². The van der Waals surface area contributed by atoms with Crippen molar-refractivity contribution in [3.63, 3.8) is 0 Å². The first kappa shape index (κ1) is 45.8. The SMILES string of the molecule is CC(C)(C)c1cc(-c2cccc3cccc(-c4ccccc4N(c4ccccc4-c4ccc5c(c4)C4(c6ccccc6-5)C5CC6CC5CC64)c4ccc(-c5ccccc5)cc4-c4ccccc4)c23)cc(C(C)(C)C)c1. The molecule has 1 nitrogen and oxygen atoms in total. The Morgan fingerprint density at radius 3 is 1.51 bits per heavy atom. The van der Waals surface area contributed by atoms with Gasteiger partial charge in [0.25, 0.3) is 0 Å². The van der Waals surface area contributed by atoms with Crippen LogP contribution in [0.3, 0.4) is 0 Å². The van der Waals surface area contributed by atoms with Gasteiger partial charge in [0, 0.05) is 22.1 Å². The Bertz CT molecular complexity index is 3810. The van der Waals surface area contributed by atoms with Crippen LogP contribution in [0.2, 0.25) is 0 Å². The average Bonchev–Trinajstić information content (AvgIpc) is 4.44. The van der Waals surface area contributed by atoms with Crippen molar-refractivity contribution >= 4 is 27.8 Å². The third-order valence-corrected chi connectivity index (χ3v) is 18.4. The lowest BCUT2D eigenvalue weighted by Gasteiger charge is -2.37. The number of nitrogens with zero attached hydrogens (tertiary/aromatic N) is 1. The highest BCUT2D eigenvalue weighted by Crippen LogP contribution is 2.77. The highest BCUT2D eigenvalue weighted by Gasteiger charge is 2.70. The Labute approximate surface area is 444 Å². The molecule has 0 aromatic heterocycles. The fourth-order valence-electron chi connectivity index (χ4n) is 15.0. The minimum Gasteiger partial charge on any atom is -0.309 e. The van der Waals surface area contributed by atoms with Crippen molar-refractivity contribution in [2.45, 2.75) is 77.0 Å². The fourth-order valence-corrected chi connectivity index (χ4v) is 15.0. The standard InChI is InChI=1S/C74H65N/c1-72(2,3)55-40-52(41-56(46-55)73(4,5)6)58-30-19-25-49-26-20-31-62(71(49)58)61-29-15-18-34-69(61)75(70-38-36-50(47-21-9-7-10-22-47)42-63(70)48-23-11-8-12-24-48)68-33-17-14-27-57(68)51-35-37-60-59-28-13-16-32-64(59)74(67(60)43-51)65-44-53-39-54(65)45-66(53)74/h7-38,40-43,46,53-54,65-66H,39,44-45H2,1-6H3. The quantitative estimate of drug-likeness (QED) is 0.147. The Kier molecular flexibility index (Phi) is 10.5. The summed E-state index contributed by atoms with van der Waals surface area (Å²) in [6.07, 6.45) is 4.19. The first-order valence-electron chi connectivity index (χ1n) is 27.6. The summed E-state index contributed by atoms with van der Waals surface area (Å²) >= 11 is 0. The van der Waals surface area contributed by atoms with Crippen LogP contribution in [-0.4, -0.2) is 0 Å². The van der Waals surface area contributed by atoms with Crippen molar-refractivity contribution in [3.05, 3.63) is 247 Å². The van der Waals surface area contributed by atoms with E-state index in [1.54, 1.807) is 11.1 Å². The maximum absolute atomic E-state index is 2.65. The zero-order valence-electron chi connectivity index (χ0n) is 44.2. The van der Waals surface area contributed by atoms with Gasteiger partial charge < -0.3 is 4.90 Å². The van der Waals surface area contributed by atoms with E-state index in [1.165, 1.54) is 108 Å². The molecule has 5 aliphatic carbocycles. The van der Waals surface area contributed by atoms with Gasteiger partial charge in [0.05, 0.1) is 17.1 Å². The van der Waals surface area contributed by atoms with E-state index in [1.807, 2.05) is 0 Å². The summed E-state index contributed by atoms with van der Waals surface area (Å²) < 4.78 is 0. The molecule has 1 heteroatoms. The number of benzene rings is 10. The number of hydrogen-bond donors (Lipinski definition) is 0. The topological polar surface area (TPSA) is 3.24 Å². The minimum atomic E-state index is -0.0170. The van der Waals surface area contributed by atoms with Gasteiger partial charge in [0.2, 0.25) is 0 Å². The fraction of sp³-hybridized carbons (Fsp3) is 0.216. The van der Waals surface area contributed by atoms with Gasteiger partial charge in [-0.1, -0.05) is 236 Å². The zero-order valence-corrected chi connectivity index (χ0v) is 44.2. The summed E-state index contributed by atoms with van der Waals surface area (Å²) in [5.74, 6) is 3.13. The van der Waals surface area contributed by atoms with E-state index in [0.29, 0.717) is 0 Å². The first-order chi connectivity index (χ1) is 36.4. The van der Waals surface area contributed by atoms with E-state index >= 15 is 0 Å². The highest BCUT2D eigenvalue weighted by molar-refractivity contribution is 6.10. The third-order valence-electron chi connectivity index (χ3n) is 18.4. The zero-order chi connectivity index (χ0) is 50.8. The molecule has 4 atom stereocenters. The van der Waals surface area contributed by atoms with Crippen molar-refractivity contribution in [1.82, 2.24) is 0 Å². The molecular weight excluding hydrogens is 903 g/mol. The summed E-state index contributed by atoms with van der Waals surface area (Å²) in [6, 6.07) is 85.6. The molecule has 366 valence electrons. The molecule has 0 radical (unpaired) electrons. The third kappa shape index (κ3) is 7.18. The predicted octanol–water partition coefficient (Wildman–Crippen LogP) is 20.2. The highest BCUT2D eigenvalue weighted by atomic mass is 15.1. The van der Waals surface area contributed by atoms with Crippen LogP contribution in [0.4, 0.5) is 17.1 Å². The van der Waals surface area contributed by atoms with Gasteiger partial charge in [-0.2, -0.15) is 0 Å². The molecule has 4 saturated carbocycles. The maximum atomic E-state index is 2.65. The number of anilines is 3. The molecule has 0 heterocycles. The first-order valence-corrected chi connectivity index (χ1v) is 27.6. The number of rotatable bonds is 8. The largest absolute Gasteiger partial charge is 0.309 e. The summed E-state index contributed by atoms with van der Waals surface area (Å²) in [6.45, 7) is 14.0. The molecule has 1 spiro atoms. The molecule has 75 heavy (non-hydrogen) atoms. The van der Waals surface area contributed by atoms with Gasteiger partial charge in [-0.3, -0.25) is 0 Å². The van der Waals surface area contributed by atoms with Crippen LogP contribution in [0.25, 0.3) is 77.5 Å². The summed E-state index contributed by atoms with van der Waals surface area (Å²) in [5, 5.41) is 2.50. The Morgan fingerprint density at radius 2 is 0.853 bits per heavy atom. The smallest absolute Gasteiger partial charge is 0.0540 e. The van der Waals surface area contributed by atoms with Crippen LogP contribution in [0.15, 0.2) is 224 Å². The van der Waals surface area contributed by atoms with Crippen molar-refractivity contribution in [1.29, 1.82) is 0 Å². The van der Waals surface area contributed by atoms with Crippen molar-refractivity contribution in [3.8, 4) is 66.8 Å². The number of para-hydroxylation sites is 2. The second-order valence-corrected chi connectivity index (χ2v) is 24.5. The van der Waals surface area contributed by atoms with E-state index < -0.39 is 0 Å².